The predicted octanol–water partition coefficient (Wildman–Crippen LogP) is 3.47. The summed E-state index contributed by atoms with van der Waals surface area (Å²) in [6.07, 6.45) is 0. The molecule has 2 aromatic carbocycles. The molecule has 0 aromatic heterocycles. The third-order valence-corrected chi connectivity index (χ3v) is 2.98. The maximum Gasteiger partial charge on any atom is 0.196 e. The van der Waals surface area contributed by atoms with Crippen molar-refractivity contribution in [2.24, 2.45) is 0 Å². The van der Waals surface area contributed by atoms with Gasteiger partial charge in [-0.25, -0.2) is 0 Å². The second-order valence-electron chi connectivity index (χ2n) is 4.07. The van der Waals surface area contributed by atoms with Crippen LogP contribution >= 0.6 is 23.2 Å². The highest BCUT2D eigenvalue weighted by atomic mass is 35.5. The van der Waals surface area contributed by atoms with Crippen LogP contribution in [0.5, 0.6) is 0 Å². The van der Waals surface area contributed by atoms with Crippen LogP contribution in [0.1, 0.15) is 31.8 Å². The van der Waals surface area contributed by atoms with Crippen LogP contribution in [-0.2, 0) is 0 Å². The Morgan fingerprint density at radius 3 is 1.90 bits per heavy atom. The Morgan fingerprint density at radius 1 is 0.800 bits per heavy atom. The van der Waals surface area contributed by atoms with E-state index in [-0.39, 0.29) is 16.9 Å². The van der Waals surface area contributed by atoms with Crippen LogP contribution in [0.2, 0.25) is 0 Å². The summed E-state index contributed by atoms with van der Waals surface area (Å²) in [4.78, 5) is 24.4. The molecule has 0 fully saturated rings. The highest BCUT2D eigenvalue weighted by molar-refractivity contribution is 6.40. The SMILES string of the molecule is ClCCl.Nc1cccc2c1C(=O)c1ccccc1C2=O. The molecule has 3 rings (SSSR count). The van der Waals surface area contributed by atoms with Crippen LogP contribution in [0.25, 0.3) is 0 Å². The number of nitrogens with two attached hydrogens (primary N) is 1. The van der Waals surface area contributed by atoms with Crippen molar-refractivity contribution in [2.45, 2.75) is 0 Å². The van der Waals surface area contributed by atoms with Crippen molar-refractivity contribution in [1.82, 2.24) is 0 Å². The van der Waals surface area contributed by atoms with Crippen LogP contribution < -0.4 is 5.73 Å². The second-order valence-corrected chi connectivity index (χ2v) is 4.88. The molecule has 0 bridgehead atoms. The lowest BCUT2D eigenvalue weighted by atomic mass is 9.83. The van der Waals surface area contributed by atoms with Crippen LogP contribution in [-0.4, -0.2) is 16.9 Å². The Hall–Kier alpha value is -1.84. The van der Waals surface area contributed by atoms with Gasteiger partial charge >= 0.3 is 0 Å². The molecule has 2 aromatic rings. The van der Waals surface area contributed by atoms with Crippen molar-refractivity contribution in [3.8, 4) is 0 Å². The van der Waals surface area contributed by atoms with Crippen LogP contribution in [0.4, 0.5) is 5.69 Å². The standard InChI is InChI=1S/C14H9NO2.CH2Cl2/c15-11-7-3-6-10-12(11)14(17)9-5-2-1-4-8(9)13(10)16;2-1-3/h1-7H,15H2;1H2. The van der Waals surface area contributed by atoms with E-state index in [1.54, 1.807) is 42.5 Å². The number of halogens is 2. The molecular formula is C15H11Cl2NO2. The molecule has 0 aliphatic heterocycles. The minimum Gasteiger partial charge on any atom is -0.398 e. The fourth-order valence-corrected chi connectivity index (χ4v) is 2.17. The molecule has 0 atom stereocenters. The lowest BCUT2D eigenvalue weighted by molar-refractivity contribution is 0.0979. The van der Waals surface area contributed by atoms with E-state index in [0.717, 1.165) is 0 Å². The number of rotatable bonds is 0. The summed E-state index contributed by atoms with van der Waals surface area (Å²) < 4.78 is 0. The minimum atomic E-state index is -0.173. The maximum absolute atomic E-state index is 12.2. The number of benzene rings is 2. The molecule has 0 radical (unpaired) electrons. The van der Waals surface area contributed by atoms with E-state index in [0.29, 0.717) is 27.9 Å². The zero-order chi connectivity index (χ0) is 14.7. The number of hydrogen-bond acceptors (Lipinski definition) is 3. The van der Waals surface area contributed by atoms with Crippen molar-refractivity contribution in [1.29, 1.82) is 0 Å². The van der Waals surface area contributed by atoms with Crippen molar-refractivity contribution in [3.63, 3.8) is 0 Å². The molecule has 1 aliphatic carbocycles. The van der Waals surface area contributed by atoms with E-state index in [2.05, 4.69) is 0 Å². The molecule has 3 nitrogen and oxygen atoms in total. The van der Waals surface area contributed by atoms with Gasteiger partial charge in [-0.3, -0.25) is 9.59 Å². The van der Waals surface area contributed by atoms with E-state index in [9.17, 15) is 9.59 Å². The molecule has 0 spiro atoms. The fraction of sp³-hybridized carbons (Fsp3) is 0.0667. The van der Waals surface area contributed by atoms with E-state index < -0.39 is 0 Å². The Kier molecular flexibility index (Phi) is 4.42. The van der Waals surface area contributed by atoms with Gasteiger partial charge in [0.2, 0.25) is 0 Å². The second kappa shape index (κ2) is 6.07. The molecule has 20 heavy (non-hydrogen) atoms. The van der Waals surface area contributed by atoms with E-state index >= 15 is 0 Å². The third-order valence-electron chi connectivity index (χ3n) is 2.98. The molecule has 0 saturated carbocycles. The number of hydrogen-bond donors (Lipinski definition) is 1. The summed E-state index contributed by atoms with van der Waals surface area (Å²) in [5, 5.41) is 0.194. The third kappa shape index (κ3) is 2.42. The number of anilines is 1. The van der Waals surface area contributed by atoms with E-state index in [1.807, 2.05) is 0 Å². The van der Waals surface area contributed by atoms with Gasteiger partial charge in [0, 0.05) is 22.4 Å². The summed E-state index contributed by atoms with van der Waals surface area (Å²) in [5.74, 6) is -0.309. The van der Waals surface area contributed by atoms with Crippen LogP contribution in [0, 0.1) is 0 Å². The summed E-state index contributed by atoms with van der Waals surface area (Å²) >= 11 is 9.53. The number of nitrogen functional groups attached to an aromatic ring is 1. The zero-order valence-corrected chi connectivity index (χ0v) is 11.9. The number of carbonyl (C=O) groups excluding carboxylic acids is 2. The Bertz CT molecular complexity index is 683. The molecule has 102 valence electrons. The smallest absolute Gasteiger partial charge is 0.196 e. The first kappa shape index (κ1) is 14.6. The number of ketones is 2. The minimum absolute atomic E-state index is 0.137. The maximum atomic E-state index is 12.2. The first-order valence-electron chi connectivity index (χ1n) is 5.80. The van der Waals surface area contributed by atoms with Gasteiger partial charge in [-0.15, -0.1) is 23.2 Å². The Morgan fingerprint density at radius 2 is 1.30 bits per heavy atom. The highest BCUT2D eigenvalue weighted by Gasteiger charge is 2.30. The highest BCUT2D eigenvalue weighted by Crippen LogP contribution is 2.30. The summed E-state index contributed by atoms with van der Waals surface area (Å²) in [6.45, 7) is 0. The number of fused-ring (bicyclic) bond motifs is 2. The van der Waals surface area contributed by atoms with Gasteiger partial charge in [-0.05, 0) is 6.07 Å². The van der Waals surface area contributed by atoms with Crippen molar-refractivity contribution in [3.05, 3.63) is 64.7 Å². The van der Waals surface area contributed by atoms with Gasteiger partial charge in [-0.2, -0.15) is 0 Å². The number of carbonyl (C=O) groups is 2. The average Bonchev–Trinajstić information content (AvgIpc) is 2.45. The quantitative estimate of drug-likeness (QED) is 0.511. The van der Waals surface area contributed by atoms with Gasteiger partial charge in [0.05, 0.1) is 10.9 Å². The van der Waals surface area contributed by atoms with Crippen molar-refractivity contribution >= 4 is 40.5 Å². The largest absolute Gasteiger partial charge is 0.398 e. The van der Waals surface area contributed by atoms with Crippen LogP contribution in [0.15, 0.2) is 42.5 Å². The van der Waals surface area contributed by atoms with Gasteiger partial charge in [0.1, 0.15) is 0 Å². The first-order valence-corrected chi connectivity index (χ1v) is 6.87. The zero-order valence-electron chi connectivity index (χ0n) is 10.4. The molecule has 1 aliphatic rings. The van der Waals surface area contributed by atoms with Gasteiger partial charge in [0.15, 0.2) is 11.6 Å². The monoisotopic (exact) mass is 307 g/mol. The molecule has 0 saturated heterocycles. The summed E-state index contributed by atoms with van der Waals surface area (Å²) in [6, 6.07) is 11.8. The molecule has 0 amide bonds. The molecule has 0 heterocycles. The normalized spacial score (nSPS) is 12.1. The summed E-state index contributed by atoms with van der Waals surface area (Å²) in [5.41, 5.74) is 7.75. The van der Waals surface area contributed by atoms with Crippen LogP contribution in [0.3, 0.4) is 0 Å². The van der Waals surface area contributed by atoms with Gasteiger partial charge in [-0.1, -0.05) is 36.4 Å². The topological polar surface area (TPSA) is 60.2 Å². The average molecular weight is 308 g/mol. The van der Waals surface area contributed by atoms with E-state index in [4.69, 9.17) is 28.9 Å². The molecule has 5 heteroatoms. The Balaban J connectivity index is 0.000000452. The predicted molar refractivity (Wildman–Crippen MR) is 80.7 cm³/mol. The lowest BCUT2D eigenvalue weighted by Gasteiger charge is -2.18. The number of alkyl halides is 2. The Labute approximate surface area is 126 Å². The lowest BCUT2D eigenvalue weighted by Crippen LogP contribution is -2.22. The van der Waals surface area contributed by atoms with Crippen molar-refractivity contribution in [2.75, 3.05) is 11.1 Å². The summed E-state index contributed by atoms with van der Waals surface area (Å²) in [7, 11) is 0. The van der Waals surface area contributed by atoms with Gasteiger partial charge in [0.25, 0.3) is 0 Å². The van der Waals surface area contributed by atoms with E-state index in [1.165, 1.54) is 0 Å². The molecule has 0 unspecified atom stereocenters. The van der Waals surface area contributed by atoms with Gasteiger partial charge < -0.3 is 5.73 Å². The first-order chi connectivity index (χ1) is 9.61. The van der Waals surface area contributed by atoms with Crippen molar-refractivity contribution < 1.29 is 9.59 Å². The molecular weight excluding hydrogens is 297 g/mol. The fourth-order valence-electron chi connectivity index (χ4n) is 2.17. The molecule has 2 N–H and O–H groups in total.